The number of hydrogen-bond acceptors (Lipinski definition) is 4. The molecule has 0 spiro atoms. The van der Waals surface area contributed by atoms with E-state index < -0.39 is 24.1 Å². The summed E-state index contributed by atoms with van der Waals surface area (Å²) in [5.41, 5.74) is 0.962. The van der Waals surface area contributed by atoms with E-state index in [1.165, 1.54) is 0 Å². The Morgan fingerprint density at radius 2 is 1.24 bits per heavy atom. The second kappa shape index (κ2) is 9.02. The smallest absolute Gasteiger partial charge is 0.338 e. The minimum absolute atomic E-state index is 0.0613. The molecule has 2 aromatic rings. The van der Waals surface area contributed by atoms with Crippen LogP contribution in [0, 0.1) is 5.92 Å². The van der Waals surface area contributed by atoms with Crippen LogP contribution in [0.1, 0.15) is 47.9 Å². The number of benzene rings is 2. The molecule has 4 heteroatoms. The molecule has 0 aromatic heterocycles. The van der Waals surface area contributed by atoms with Crippen molar-refractivity contribution >= 4 is 11.9 Å². The Hall–Kier alpha value is -2.62. The maximum Gasteiger partial charge on any atom is 0.338 e. The average molecular weight is 340 g/mol. The van der Waals surface area contributed by atoms with Crippen LogP contribution in [-0.4, -0.2) is 24.1 Å². The van der Waals surface area contributed by atoms with Gasteiger partial charge >= 0.3 is 11.9 Å². The van der Waals surface area contributed by atoms with Gasteiger partial charge in [-0.3, -0.25) is 0 Å². The Bertz CT molecular complexity index is 682. The van der Waals surface area contributed by atoms with Gasteiger partial charge in [-0.1, -0.05) is 50.2 Å². The molecule has 0 aliphatic rings. The van der Waals surface area contributed by atoms with Crippen molar-refractivity contribution in [3.05, 3.63) is 71.8 Å². The topological polar surface area (TPSA) is 52.6 Å². The summed E-state index contributed by atoms with van der Waals surface area (Å²) in [4.78, 5) is 24.6. The van der Waals surface area contributed by atoms with Crippen molar-refractivity contribution in [1.82, 2.24) is 0 Å². The quantitative estimate of drug-likeness (QED) is 0.696. The van der Waals surface area contributed by atoms with Gasteiger partial charge < -0.3 is 9.47 Å². The van der Waals surface area contributed by atoms with Crippen LogP contribution in [0.25, 0.3) is 0 Å². The second-order valence-corrected chi connectivity index (χ2v) is 6.10. The number of esters is 2. The summed E-state index contributed by atoms with van der Waals surface area (Å²) >= 11 is 0. The molecule has 0 saturated heterocycles. The van der Waals surface area contributed by atoms with Gasteiger partial charge in [0.05, 0.1) is 11.1 Å². The standard InChI is InChI=1S/C21H24O4/c1-4-15(2)19(25-21(23)18-13-9-6-10-14-18)16(3)24-20(22)17-11-7-5-8-12-17/h5-16,19H,4H2,1-3H3. The van der Waals surface area contributed by atoms with Crippen molar-refractivity contribution in [2.75, 3.05) is 0 Å². The molecule has 0 aliphatic carbocycles. The van der Waals surface area contributed by atoms with Crippen molar-refractivity contribution in [3.8, 4) is 0 Å². The maximum absolute atomic E-state index is 12.4. The first-order valence-electron chi connectivity index (χ1n) is 8.55. The first-order chi connectivity index (χ1) is 12.0. The van der Waals surface area contributed by atoms with Crippen molar-refractivity contribution in [3.63, 3.8) is 0 Å². The summed E-state index contributed by atoms with van der Waals surface area (Å²) in [6, 6.07) is 17.6. The third-order valence-electron chi connectivity index (χ3n) is 4.22. The fourth-order valence-corrected chi connectivity index (χ4v) is 2.55. The molecule has 2 aromatic carbocycles. The predicted octanol–water partition coefficient (Wildman–Crippen LogP) is 4.50. The number of hydrogen-bond donors (Lipinski definition) is 0. The van der Waals surface area contributed by atoms with Crippen LogP contribution in [0.4, 0.5) is 0 Å². The zero-order valence-corrected chi connectivity index (χ0v) is 14.8. The van der Waals surface area contributed by atoms with Crippen LogP contribution in [-0.2, 0) is 9.47 Å². The largest absolute Gasteiger partial charge is 0.455 e. The number of carbonyl (C=O) groups excluding carboxylic acids is 2. The third-order valence-corrected chi connectivity index (χ3v) is 4.22. The van der Waals surface area contributed by atoms with Crippen LogP contribution >= 0.6 is 0 Å². The van der Waals surface area contributed by atoms with Crippen molar-refractivity contribution in [2.24, 2.45) is 5.92 Å². The number of ether oxygens (including phenoxy) is 2. The molecule has 0 amide bonds. The van der Waals surface area contributed by atoms with Crippen LogP contribution in [0.3, 0.4) is 0 Å². The summed E-state index contributed by atoms with van der Waals surface area (Å²) in [6.45, 7) is 5.76. The van der Waals surface area contributed by atoms with Gasteiger partial charge in [-0.2, -0.15) is 0 Å². The molecule has 4 nitrogen and oxygen atoms in total. The van der Waals surface area contributed by atoms with E-state index in [1.54, 1.807) is 55.5 Å². The minimum atomic E-state index is -0.546. The van der Waals surface area contributed by atoms with E-state index >= 15 is 0 Å². The van der Waals surface area contributed by atoms with Gasteiger partial charge in [-0.15, -0.1) is 0 Å². The van der Waals surface area contributed by atoms with E-state index in [-0.39, 0.29) is 5.92 Å². The normalized spacial score (nSPS) is 14.2. The molecule has 0 fully saturated rings. The molecule has 2 rings (SSSR count). The number of carbonyl (C=O) groups is 2. The Labute approximate surface area is 148 Å². The summed E-state index contributed by atoms with van der Waals surface area (Å²) in [5.74, 6) is -0.767. The van der Waals surface area contributed by atoms with Crippen LogP contribution in [0.2, 0.25) is 0 Å². The van der Waals surface area contributed by atoms with E-state index in [2.05, 4.69) is 0 Å². The maximum atomic E-state index is 12.4. The molecule has 0 saturated carbocycles. The SMILES string of the molecule is CCC(C)C(OC(=O)c1ccccc1)C(C)OC(=O)c1ccccc1. The lowest BCUT2D eigenvalue weighted by molar-refractivity contribution is -0.0481. The highest BCUT2D eigenvalue weighted by Gasteiger charge is 2.30. The first kappa shape index (κ1) is 18.7. The molecule has 132 valence electrons. The Kier molecular flexibility index (Phi) is 6.75. The Morgan fingerprint density at radius 3 is 1.68 bits per heavy atom. The van der Waals surface area contributed by atoms with Gasteiger partial charge in [-0.05, 0) is 43.5 Å². The lowest BCUT2D eigenvalue weighted by Crippen LogP contribution is -2.38. The van der Waals surface area contributed by atoms with Crippen molar-refractivity contribution < 1.29 is 19.1 Å². The number of rotatable bonds is 7. The molecule has 3 unspecified atom stereocenters. The minimum Gasteiger partial charge on any atom is -0.455 e. The molecule has 25 heavy (non-hydrogen) atoms. The summed E-state index contributed by atoms with van der Waals surface area (Å²) in [5, 5.41) is 0. The molecule has 0 bridgehead atoms. The van der Waals surface area contributed by atoms with Crippen molar-refractivity contribution in [2.45, 2.75) is 39.4 Å². The lowest BCUT2D eigenvalue weighted by atomic mass is 9.97. The van der Waals surface area contributed by atoms with E-state index in [0.29, 0.717) is 11.1 Å². The average Bonchev–Trinajstić information content (AvgIpc) is 2.66. The Morgan fingerprint density at radius 1 is 0.800 bits per heavy atom. The van der Waals surface area contributed by atoms with Crippen molar-refractivity contribution in [1.29, 1.82) is 0 Å². The molecule has 0 radical (unpaired) electrons. The van der Waals surface area contributed by atoms with E-state index in [0.717, 1.165) is 6.42 Å². The molecular weight excluding hydrogens is 316 g/mol. The van der Waals surface area contributed by atoms with Crippen LogP contribution in [0.15, 0.2) is 60.7 Å². The Balaban J connectivity index is 2.08. The predicted molar refractivity (Wildman–Crippen MR) is 96.4 cm³/mol. The van der Waals surface area contributed by atoms with Gasteiger partial charge in [0, 0.05) is 0 Å². The van der Waals surface area contributed by atoms with E-state index in [9.17, 15) is 9.59 Å². The summed E-state index contributed by atoms with van der Waals surface area (Å²) in [7, 11) is 0. The third kappa shape index (κ3) is 5.18. The zero-order valence-electron chi connectivity index (χ0n) is 14.8. The summed E-state index contributed by atoms with van der Waals surface area (Å²) in [6.07, 6.45) is -0.249. The van der Waals surface area contributed by atoms with E-state index in [4.69, 9.17) is 9.47 Å². The molecule has 0 heterocycles. The van der Waals surface area contributed by atoms with E-state index in [1.807, 2.05) is 26.0 Å². The highest BCUT2D eigenvalue weighted by Crippen LogP contribution is 2.20. The molecule has 0 N–H and O–H groups in total. The first-order valence-corrected chi connectivity index (χ1v) is 8.55. The summed E-state index contributed by atoms with van der Waals surface area (Å²) < 4.78 is 11.2. The fraction of sp³-hybridized carbons (Fsp3) is 0.333. The highest BCUT2D eigenvalue weighted by atomic mass is 16.6. The van der Waals surface area contributed by atoms with Gasteiger partial charge in [0.25, 0.3) is 0 Å². The van der Waals surface area contributed by atoms with Gasteiger partial charge in [-0.25, -0.2) is 9.59 Å². The monoisotopic (exact) mass is 340 g/mol. The molecule has 3 atom stereocenters. The van der Waals surface area contributed by atoms with Crippen LogP contribution < -0.4 is 0 Å². The molecular formula is C21H24O4. The highest BCUT2D eigenvalue weighted by molar-refractivity contribution is 5.90. The second-order valence-electron chi connectivity index (χ2n) is 6.10. The van der Waals surface area contributed by atoms with Crippen LogP contribution in [0.5, 0.6) is 0 Å². The fourth-order valence-electron chi connectivity index (χ4n) is 2.55. The van der Waals surface area contributed by atoms with Gasteiger partial charge in [0.15, 0.2) is 0 Å². The molecule has 0 aliphatic heterocycles. The van der Waals surface area contributed by atoms with Gasteiger partial charge in [0.1, 0.15) is 12.2 Å². The lowest BCUT2D eigenvalue weighted by Gasteiger charge is -2.28. The zero-order chi connectivity index (χ0) is 18.2. The van der Waals surface area contributed by atoms with Gasteiger partial charge in [0.2, 0.25) is 0 Å².